The Morgan fingerprint density at radius 3 is 2.55 bits per heavy atom. The lowest BCUT2D eigenvalue weighted by atomic mass is 10.1. The van der Waals surface area contributed by atoms with E-state index in [0.717, 1.165) is 12.8 Å². The van der Waals surface area contributed by atoms with E-state index in [-0.39, 0.29) is 5.91 Å². The van der Waals surface area contributed by atoms with E-state index in [2.05, 4.69) is 19.2 Å². The molecular weight excluding hydrogens is 138 g/mol. The maximum Gasteiger partial charge on any atom is 0.217 e. The SMILES string of the molecule is CC(=O)NC1CCC(C)=C1C. The zero-order valence-corrected chi connectivity index (χ0v) is 7.40. The summed E-state index contributed by atoms with van der Waals surface area (Å²) >= 11 is 0. The molecule has 0 aliphatic heterocycles. The summed E-state index contributed by atoms with van der Waals surface area (Å²) in [6.45, 7) is 5.81. The molecule has 2 nitrogen and oxygen atoms in total. The first kappa shape index (κ1) is 8.31. The van der Waals surface area contributed by atoms with Crippen molar-refractivity contribution in [2.75, 3.05) is 0 Å². The number of amides is 1. The van der Waals surface area contributed by atoms with Crippen LogP contribution in [0.4, 0.5) is 0 Å². The average molecular weight is 153 g/mol. The average Bonchev–Trinajstić information content (AvgIpc) is 2.18. The second-order valence-electron chi connectivity index (χ2n) is 3.26. The van der Waals surface area contributed by atoms with Crippen molar-refractivity contribution in [3.05, 3.63) is 11.1 Å². The van der Waals surface area contributed by atoms with Gasteiger partial charge in [-0.3, -0.25) is 4.79 Å². The molecular formula is C9H15NO. The summed E-state index contributed by atoms with van der Waals surface area (Å²) < 4.78 is 0. The summed E-state index contributed by atoms with van der Waals surface area (Å²) in [4.78, 5) is 10.7. The van der Waals surface area contributed by atoms with E-state index in [9.17, 15) is 4.79 Å². The molecule has 0 bridgehead atoms. The molecule has 1 amide bonds. The summed E-state index contributed by atoms with van der Waals surface area (Å²) in [7, 11) is 0. The lowest BCUT2D eigenvalue weighted by Crippen LogP contribution is -2.31. The number of allylic oxidation sites excluding steroid dienone is 1. The number of nitrogens with one attached hydrogen (secondary N) is 1. The van der Waals surface area contributed by atoms with Crippen LogP contribution in [0, 0.1) is 0 Å². The van der Waals surface area contributed by atoms with Crippen LogP contribution in [0.15, 0.2) is 11.1 Å². The molecule has 0 saturated heterocycles. The van der Waals surface area contributed by atoms with Crippen molar-refractivity contribution in [2.24, 2.45) is 0 Å². The van der Waals surface area contributed by atoms with Gasteiger partial charge >= 0.3 is 0 Å². The van der Waals surface area contributed by atoms with Crippen molar-refractivity contribution in [1.29, 1.82) is 0 Å². The monoisotopic (exact) mass is 153 g/mol. The van der Waals surface area contributed by atoms with E-state index in [1.54, 1.807) is 6.92 Å². The molecule has 0 saturated carbocycles. The molecule has 0 spiro atoms. The molecule has 0 fully saturated rings. The van der Waals surface area contributed by atoms with Crippen molar-refractivity contribution in [3.63, 3.8) is 0 Å². The van der Waals surface area contributed by atoms with Crippen LogP contribution in [0.25, 0.3) is 0 Å². The third-order valence-electron chi connectivity index (χ3n) is 2.38. The first-order valence-electron chi connectivity index (χ1n) is 4.04. The Kier molecular flexibility index (Phi) is 2.32. The van der Waals surface area contributed by atoms with Crippen molar-refractivity contribution in [1.82, 2.24) is 5.32 Å². The highest BCUT2D eigenvalue weighted by Gasteiger charge is 2.19. The molecule has 0 aromatic carbocycles. The van der Waals surface area contributed by atoms with E-state index < -0.39 is 0 Å². The lowest BCUT2D eigenvalue weighted by Gasteiger charge is -2.12. The van der Waals surface area contributed by atoms with E-state index >= 15 is 0 Å². The summed E-state index contributed by atoms with van der Waals surface area (Å²) in [5, 5.41) is 2.93. The molecule has 1 aliphatic rings. The maximum absolute atomic E-state index is 10.7. The van der Waals surface area contributed by atoms with Crippen LogP contribution in [0.3, 0.4) is 0 Å². The first-order chi connectivity index (χ1) is 5.11. The zero-order chi connectivity index (χ0) is 8.43. The molecule has 62 valence electrons. The van der Waals surface area contributed by atoms with Gasteiger partial charge in [-0.2, -0.15) is 0 Å². The van der Waals surface area contributed by atoms with Gasteiger partial charge in [-0.15, -0.1) is 0 Å². The Morgan fingerprint density at radius 2 is 2.18 bits per heavy atom. The normalized spacial score (nSPS) is 24.1. The van der Waals surface area contributed by atoms with Crippen molar-refractivity contribution in [3.8, 4) is 0 Å². The standard InChI is InChI=1S/C9H15NO/c1-6-4-5-9(7(6)2)10-8(3)11/h9H,4-5H2,1-3H3,(H,10,11). The molecule has 2 heteroatoms. The molecule has 1 aliphatic carbocycles. The van der Waals surface area contributed by atoms with Crippen molar-refractivity contribution >= 4 is 5.91 Å². The van der Waals surface area contributed by atoms with Gasteiger partial charge in [0.1, 0.15) is 0 Å². The Morgan fingerprint density at radius 1 is 1.55 bits per heavy atom. The van der Waals surface area contributed by atoms with Crippen LogP contribution in [0.2, 0.25) is 0 Å². The molecule has 1 rings (SSSR count). The number of hydrogen-bond donors (Lipinski definition) is 1. The van der Waals surface area contributed by atoms with E-state index in [1.165, 1.54) is 11.1 Å². The topological polar surface area (TPSA) is 29.1 Å². The van der Waals surface area contributed by atoms with Crippen LogP contribution < -0.4 is 5.32 Å². The minimum atomic E-state index is 0.0732. The quantitative estimate of drug-likeness (QED) is 0.570. The van der Waals surface area contributed by atoms with E-state index in [4.69, 9.17) is 0 Å². The Balaban J connectivity index is 2.57. The van der Waals surface area contributed by atoms with E-state index in [0.29, 0.717) is 6.04 Å². The van der Waals surface area contributed by atoms with Crippen LogP contribution in [-0.4, -0.2) is 11.9 Å². The van der Waals surface area contributed by atoms with Crippen LogP contribution in [0.5, 0.6) is 0 Å². The fraction of sp³-hybridized carbons (Fsp3) is 0.667. The summed E-state index contributed by atoms with van der Waals surface area (Å²) in [5.74, 6) is 0.0732. The summed E-state index contributed by atoms with van der Waals surface area (Å²) in [5.41, 5.74) is 2.78. The molecule has 1 atom stereocenters. The highest BCUT2D eigenvalue weighted by Crippen LogP contribution is 2.25. The van der Waals surface area contributed by atoms with Gasteiger partial charge in [0.25, 0.3) is 0 Å². The number of rotatable bonds is 1. The van der Waals surface area contributed by atoms with Gasteiger partial charge in [0, 0.05) is 6.92 Å². The van der Waals surface area contributed by atoms with Gasteiger partial charge in [-0.05, 0) is 26.7 Å². The smallest absolute Gasteiger partial charge is 0.217 e. The third-order valence-corrected chi connectivity index (χ3v) is 2.38. The van der Waals surface area contributed by atoms with Gasteiger partial charge in [-0.25, -0.2) is 0 Å². The lowest BCUT2D eigenvalue weighted by molar-refractivity contribution is -0.119. The predicted octanol–water partition coefficient (Wildman–Crippen LogP) is 1.62. The van der Waals surface area contributed by atoms with Crippen LogP contribution in [-0.2, 0) is 4.79 Å². The zero-order valence-electron chi connectivity index (χ0n) is 7.40. The van der Waals surface area contributed by atoms with Gasteiger partial charge in [0.05, 0.1) is 6.04 Å². The fourth-order valence-corrected chi connectivity index (χ4v) is 1.50. The van der Waals surface area contributed by atoms with Crippen molar-refractivity contribution in [2.45, 2.75) is 39.7 Å². The summed E-state index contributed by atoms with van der Waals surface area (Å²) in [6, 6.07) is 0.312. The summed E-state index contributed by atoms with van der Waals surface area (Å²) in [6.07, 6.45) is 2.22. The fourth-order valence-electron chi connectivity index (χ4n) is 1.50. The Bertz CT molecular complexity index is 206. The number of hydrogen-bond acceptors (Lipinski definition) is 1. The van der Waals surface area contributed by atoms with E-state index in [1.807, 2.05) is 0 Å². The Labute approximate surface area is 67.7 Å². The molecule has 0 aromatic heterocycles. The highest BCUT2D eigenvalue weighted by molar-refractivity contribution is 5.73. The third kappa shape index (κ3) is 1.82. The second-order valence-corrected chi connectivity index (χ2v) is 3.26. The molecule has 0 heterocycles. The largest absolute Gasteiger partial charge is 0.350 e. The minimum Gasteiger partial charge on any atom is -0.350 e. The molecule has 1 N–H and O–H groups in total. The molecule has 0 radical (unpaired) electrons. The van der Waals surface area contributed by atoms with Gasteiger partial charge in [0.15, 0.2) is 0 Å². The second kappa shape index (κ2) is 3.07. The van der Waals surface area contributed by atoms with Crippen LogP contribution >= 0.6 is 0 Å². The predicted molar refractivity (Wildman–Crippen MR) is 45.2 cm³/mol. The van der Waals surface area contributed by atoms with Crippen molar-refractivity contribution < 1.29 is 4.79 Å². The highest BCUT2D eigenvalue weighted by atomic mass is 16.1. The van der Waals surface area contributed by atoms with Gasteiger partial charge in [-0.1, -0.05) is 11.1 Å². The van der Waals surface area contributed by atoms with Gasteiger partial charge in [0.2, 0.25) is 5.91 Å². The Hall–Kier alpha value is -0.790. The number of carbonyl (C=O) groups excluding carboxylic acids is 1. The maximum atomic E-state index is 10.7. The van der Waals surface area contributed by atoms with Crippen LogP contribution in [0.1, 0.15) is 33.6 Å². The molecule has 0 aromatic rings. The van der Waals surface area contributed by atoms with Gasteiger partial charge < -0.3 is 5.32 Å². The minimum absolute atomic E-state index is 0.0732. The number of carbonyl (C=O) groups is 1. The molecule has 1 unspecified atom stereocenters. The molecule has 11 heavy (non-hydrogen) atoms. The first-order valence-corrected chi connectivity index (χ1v) is 4.04.